The van der Waals surface area contributed by atoms with Crippen LogP contribution in [0.2, 0.25) is 0 Å². The van der Waals surface area contributed by atoms with Crippen molar-refractivity contribution in [1.29, 1.82) is 0 Å². The van der Waals surface area contributed by atoms with E-state index in [1.807, 2.05) is 0 Å². The summed E-state index contributed by atoms with van der Waals surface area (Å²) in [5.41, 5.74) is 4.27. The van der Waals surface area contributed by atoms with Crippen molar-refractivity contribution in [3.8, 4) is 5.75 Å². The molecule has 2 aromatic rings. The van der Waals surface area contributed by atoms with Crippen molar-refractivity contribution in [2.24, 2.45) is 5.41 Å². The van der Waals surface area contributed by atoms with Gasteiger partial charge < -0.3 is 38.5 Å². The first-order valence-corrected chi connectivity index (χ1v) is 23.6. The Morgan fingerprint density at radius 3 is 1.02 bits per heavy atom. The summed E-state index contributed by atoms with van der Waals surface area (Å²) in [7, 11) is -5.71. The normalized spacial score (nSPS) is 14.5. The number of aliphatic hydroxyl groups is 1. The fraction of sp³-hybridized carbons (Fsp3) is 0.745. The highest BCUT2D eigenvalue weighted by molar-refractivity contribution is 7.39. The lowest BCUT2D eigenvalue weighted by atomic mass is 9.65. The van der Waals surface area contributed by atoms with E-state index in [0.717, 1.165) is 72.1 Å². The predicted molar refractivity (Wildman–Crippen MR) is 240 cm³/mol. The van der Waals surface area contributed by atoms with Crippen molar-refractivity contribution in [3.63, 3.8) is 0 Å². The third-order valence-corrected chi connectivity index (χ3v) is 15.1. The van der Waals surface area contributed by atoms with Crippen LogP contribution in [0.15, 0.2) is 24.3 Å². The van der Waals surface area contributed by atoms with Crippen LogP contribution in [0.3, 0.4) is 0 Å². The van der Waals surface area contributed by atoms with Gasteiger partial charge in [0.1, 0.15) is 11.9 Å². The average molecular weight is 837 g/mol. The second-order valence-electron chi connectivity index (χ2n) is 20.4. The maximum absolute atomic E-state index is 11.8. The molecule has 0 radical (unpaired) electrons. The number of aliphatic hydroxyl groups excluding tert-OH is 1. The average Bonchev–Trinajstić information content (AvgIpc) is 3.16. The number of ether oxygens (including phenoxy) is 1. The minimum absolute atomic E-state index is 0.122. The van der Waals surface area contributed by atoms with Gasteiger partial charge >= 0.3 is 17.2 Å². The van der Waals surface area contributed by atoms with Crippen molar-refractivity contribution in [2.45, 2.75) is 202 Å². The fourth-order valence-electron chi connectivity index (χ4n) is 7.12. The van der Waals surface area contributed by atoms with Gasteiger partial charge in [0.15, 0.2) is 0 Å². The van der Waals surface area contributed by atoms with Gasteiger partial charge in [-0.1, -0.05) is 149 Å². The Bertz CT molecular complexity index is 1520. The Morgan fingerprint density at radius 1 is 0.474 bits per heavy atom. The molecule has 0 spiro atoms. The molecular weight excluding hydrogens is 754 g/mol. The molecule has 1 unspecified atom stereocenters. The molecule has 8 nitrogen and oxygen atoms in total. The lowest BCUT2D eigenvalue weighted by molar-refractivity contribution is -0.0675. The molecule has 0 bridgehead atoms. The zero-order valence-corrected chi connectivity index (χ0v) is 40.9. The topological polar surface area (TPSA) is 129 Å². The van der Waals surface area contributed by atoms with Gasteiger partial charge in [-0.2, -0.15) is 0 Å². The van der Waals surface area contributed by atoms with Gasteiger partial charge in [0.05, 0.1) is 25.2 Å². The minimum Gasteiger partial charge on any atom is -0.484 e. The molecule has 0 fully saturated rings. The first-order chi connectivity index (χ1) is 26.0. The first kappa shape index (κ1) is 52.0. The van der Waals surface area contributed by atoms with Crippen LogP contribution in [0.5, 0.6) is 5.75 Å². The molecule has 10 heteroatoms. The molecule has 0 aliphatic carbocycles. The van der Waals surface area contributed by atoms with E-state index in [0.29, 0.717) is 0 Å². The largest absolute Gasteiger partial charge is 0.484 e. The molecule has 5 N–H and O–H groups in total. The molecule has 57 heavy (non-hydrogen) atoms. The van der Waals surface area contributed by atoms with E-state index >= 15 is 0 Å². The van der Waals surface area contributed by atoms with Crippen molar-refractivity contribution in [1.82, 2.24) is 0 Å². The lowest BCUT2D eigenvalue weighted by Gasteiger charge is -2.46. The van der Waals surface area contributed by atoms with Gasteiger partial charge in [-0.15, -0.1) is 0 Å². The summed E-state index contributed by atoms with van der Waals surface area (Å²) in [5, 5.41) is 11.8. The second kappa shape index (κ2) is 19.7. The van der Waals surface area contributed by atoms with Crippen molar-refractivity contribution in [3.05, 3.63) is 63.2 Å². The summed E-state index contributed by atoms with van der Waals surface area (Å²) in [5.74, 6) is 0.719. The molecule has 2 rings (SSSR count). The Hall–Kier alpha value is -1.18. The Morgan fingerprint density at radius 2 is 0.754 bits per heavy atom. The van der Waals surface area contributed by atoms with Gasteiger partial charge in [-0.3, -0.25) is 0 Å². The number of hydrogen-bond acceptors (Lipinski definition) is 8. The first-order valence-electron chi connectivity index (χ1n) is 21.3. The van der Waals surface area contributed by atoms with Crippen LogP contribution in [-0.4, -0.2) is 44.5 Å². The molecule has 2 aromatic carbocycles. The highest BCUT2D eigenvalue weighted by atomic mass is 31.2. The molecule has 0 aliphatic heterocycles. The van der Waals surface area contributed by atoms with E-state index in [9.17, 15) is 24.7 Å². The molecule has 1 atom stereocenters. The minimum atomic E-state index is -2.86. The number of rotatable bonds is 23. The van der Waals surface area contributed by atoms with Gasteiger partial charge in [0.2, 0.25) is 0 Å². The Balaban J connectivity index is 3.60. The Labute approximate surface area is 350 Å². The zero-order valence-electron chi connectivity index (χ0n) is 39.1. The standard InChI is InChI=1S/C47H82O8P2/c1-19-41(7,8)32-25-34(43(11,12)21-3)38(35(26-32)44(13,14)22-4)40(47(29-48,30-53-56(49)50)31-54-57(51)52)55-39-36(45(15,16)23-5)27-33(42(9,10)20-2)28-37(39)46(17,18)24-6/h25-28,40,48-52H,19-24,29-31H2,1-18H3. The van der Waals surface area contributed by atoms with E-state index in [2.05, 4.69) is 149 Å². The third kappa shape index (κ3) is 11.8. The fourth-order valence-corrected chi connectivity index (χ4v) is 7.86. The van der Waals surface area contributed by atoms with Gasteiger partial charge in [0, 0.05) is 16.7 Å². The highest BCUT2D eigenvalue weighted by Crippen LogP contribution is 2.54. The summed E-state index contributed by atoms with van der Waals surface area (Å²) in [6.07, 6.45) is 4.10. The maximum Gasteiger partial charge on any atom is 0.327 e. The molecule has 0 saturated carbocycles. The van der Waals surface area contributed by atoms with Crippen LogP contribution in [0.25, 0.3) is 0 Å². The molecule has 0 aromatic heterocycles. The summed E-state index contributed by atoms with van der Waals surface area (Å²) in [6.45, 7) is 38.9. The molecule has 0 aliphatic rings. The zero-order chi connectivity index (χ0) is 44.2. The van der Waals surface area contributed by atoms with Crippen molar-refractivity contribution < 1.29 is 38.5 Å². The quantitative estimate of drug-likeness (QED) is 0.0700. The molecule has 0 heterocycles. The van der Waals surface area contributed by atoms with Crippen LogP contribution in [0, 0.1) is 5.41 Å². The monoisotopic (exact) mass is 837 g/mol. The molecule has 328 valence electrons. The smallest absolute Gasteiger partial charge is 0.327 e. The van der Waals surface area contributed by atoms with Crippen LogP contribution in [0.1, 0.15) is 208 Å². The SMILES string of the molecule is CCC(C)(C)c1cc(C(C)(C)CC)c(OC(c2c(C(C)(C)CC)cc(C(C)(C)CC)cc2C(C)(C)CC)C(CO)(COP(O)O)COP(O)O)c(C(C)(C)CC)c1. The van der Waals surface area contributed by atoms with E-state index in [1.165, 1.54) is 11.1 Å². The van der Waals surface area contributed by atoms with E-state index in [4.69, 9.17) is 13.8 Å². The van der Waals surface area contributed by atoms with Gasteiger partial charge in [0.25, 0.3) is 0 Å². The van der Waals surface area contributed by atoms with Gasteiger partial charge in [-0.25, -0.2) is 0 Å². The van der Waals surface area contributed by atoms with Crippen LogP contribution in [0.4, 0.5) is 0 Å². The van der Waals surface area contributed by atoms with Crippen LogP contribution < -0.4 is 4.74 Å². The summed E-state index contributed by atoms with van der Waals surface area (Å²) < 4.78 is 19.2. The summed E-state index contributed by atoms with van der Waals surface area (Å²) >= 11 is 0. The summed E-state index contributed by atoms with van der Waals surface area (Å²) in [4.78, 5) is 41.1. The van der Waals surface area contributed by atoms with Crippen LogP contribution in [-0.2, 0) is 41.5 Å². The lowest BCUT2D eigenvalue weighted by Crippen LogP contribution is -2.46. The molecular formula is C47H82O8P2. The number of hydrogen-bond donors (Lipinski definition) is 5. The van der Waals surface area contributed by atoms with Crippen LogP contribution >= 0.6 is 17.2 Å². The molecule has 0 saturated heterocycles. The highest BCUT2D eigenvalue weighted by Gasteiger charge is 2.49. The van der Waals surface area contributed by atoms with E-state index in [-0.39, 0.29) is 32.5 Å². The number of benzene rings is 2. The maximum atomic E-state index is 11.8. The molecule has 0 amide bonds. The second-order valence-corrected chi connectivity index (χ2v) is 21.9. The Kier molecular flexibility index (Phi) is 17.9. The van der Waals surface area contributed by atoms with Gasteiger partial charge in [-0.05, 0) is 93.3 Å². The summed E-state index contributed by atoms with van der Waals surface area (Å²) in [6, 6.07) is 9.25. The predicted octanol–water partition coefficient (Wildman–Crippen LogP) is 12.4. The van der Waals surface area contributed by atoms with Crippen molar-refractivity contribution in [2.75, 3.05) is 19.8 Å². The third-order valence-electron chi connectivity index (χ3n) is 14.4. The van der Waals surface area contributed by atoms with Crippen molar-refractivity contribution >= 4 is 17.2 Å². The van der Waals surface area contributed by atoms with E-state index in [1.54, 1.807) is 0 Å². The van der Waals surface area contributed by atoms with E-state index < -0.39 is 48.5 Å².